The van der Waals surface area contributed by atoms with Crippen LogP contribution >= 0.6 is 22.9 Å². The number of carbonyl (C=O) groups excluding carboxylic acids is 1. The summed E-state index contributed by atoms with van der Waals surface area (Å²) < 4.78 is 10.2. The van der Waals surface area contributed by atoms with Crippen molar-refractivity contribution in [1.82, 2.24) is 29.4 Å². The SMILES string of the molecule is O=C(NC1CC1)[C@H]1O[C@@H](n2cnc3c(NCCc4cn(-c5ccc(Cl)s5)c5ccccc45)ncnc32)[C@H](O)[C@@H]1O. The third kappa shape index (κ3) is 4.51. The number of hydrogen-bond donors (Lipinski definition) is 4. The molecule has 40 heavy (non-hydrogen) atoms. The average Bonchev–Trinajstić information content (AvgIpc) is 3.25. The van der Waals surface area contributed by atoms with Gasteiger partial charge in [-0.1, -0.05) is 29.8 Å². The minimum Gasteiger partial charge on any atom is -0.387 e. The molecule has 4 aromatic heterocycles. The Hall–Kier alpha value is -3.55. The molecule has 206 valence electrons. The molecular weight excluding hydrogens is 554 g/mol. The van der Waals surface area contributed by atoms with Gasteiger partial charge in [0.15, 0.2) is 29.3 Å². The molecule has 0 unspecified atom stereocenters. The van der Waals surface area contributed by atoms with Gasteiger partial charge in [0.05, 0.1) is 16.2 Å². The maximum Gasteiger partial charge on any atom is 0.252 e. The van der Waals surface area contributed by atoms with Crippen LogP contribution < -0.4 is 10.6 Å². The van der Waals surface area contributed by atoms with Crippen molar-refractivity contribution in [1.29, 1.82) is 0 Å². The summed E-state index contributed by atoms with van der Waals surface area (Å²) in [6.45, 7) is 0.586. The van der Waals surface area contributed by atoms with Crippen LogP contribution in [0.25, 0.3) is 27.1 Å². The van der Waals surface area contributed by atoms with E-state index >= 15 is 0 Å². The Morgan fingerprint density at radius 3 is 2.77 bits per heavy atom. The van der Waals surface area contributed by atoms with Crippen LogP contribution in [0.4, 0.5) is 5.82 Å². The van der Waals surface area contributed by atoms with Gasteiger partial charge in [-0.15, -0.1) is 11.3 Å². The van der Waals surface area contributed by atoms with Crippen molar-refractivity contribution in [3.63, 3.8) is 0 Å². The number of thiophene rings is 1. The normalized spacial score (nSPS) is 22.8. The molecule has 0 radical (unpaired) electrons. The lowest BCUT2D eigenvalue weighted by atomic mass is 10.1. The van der Waals surface area contributed by atoms with Gasteiger partial charge >= 0.3 is 0 Å². The molecule has 2 aliphatic rings. The fraction of sp³-hybridized carbons (Fsp3) is 0.333. The van der Waals surface area contributed by atoms with E-state index in [1.54, 1.807) is 0 Å². The van der Waals surface area contributed by atoms with Gasteiger partial charge in [0, 0.05) is 24.2 Å². The summed E-state index contributed by atoms with van der Waals surface area (Å²) in [6, 6.07) is 12.3. The highest BCUT2D eigenvalue weighted by Crippen LogP contribution is 2.34. The standard InChI is InChI=1S/C27H26ClN7O4S/c28-18-7-8-19(40-18)34-11-14(16-3-1-2-4-17(16)34)9-10-29-24-20-25(31-12-30-24)35(13-32-20)27-22(37)21(36)23(39-27)26(38)33-15-5-6-15/h1-4,7-8,11-13,15,21-23,27,36-37H,5-6,9-10H2,(H,33,38)(H,29,30,31)/t21-,22+,23-,27+/m0/s1. The van der Waals surface area contributed by atoms with E-state index in [9.17, 15) is 15.0 Å². The average molecular weight is 580 g/mol. The molecule has 7 rings (SSSR count). The van der Waals surface area contributed by atoms with Gasteiger partial charge in [0.25, 0.3) is 5.91 Å². The van der Waals surface area contributed by atoms with Gasteiger partial charge in [0.1, 0.15) is 23.5 Å². The first-order chi connectivity index (χ1) is 19.5. The van der Waals surface area contributed by atoms with Crippen molar-refractivity contribution in [2.45, 2.75) is 49.8 Å². The number of aliphatic hydroxyl groups is 2. The number of fused-ring (bicyclic) bond motifs is 2. The molecule has 0 bridgehead atoms. The third-order valence-electron chi connectivity index (χ3n) is 7.33. The third-order valence-corrected chi connectivity index (χ3v) is 8.56. The number of halogens is 1. The molecule has 5 heterocycles. The van der Waals surface area contributed by atoms with Crippen molar-refractivity contribution >= 4 is 56.7 Å². The van der Waals surface area contributed by atoms with Crippen LogP contribution in [0.1, 0.15) is 24.6 Å². The maximum absolute atomic E-state index is 12.5. The van der Waals surface area contributed by atoms with Crippen molar-refractivity contribution in [2.75, 3.05) is 11.9 Å². The zero-order valence-corrected chi connectivity index (χ0v) is 22.7. The molecule has 1 aromatic carbocycles. The Kier molecular flexibility index (Phi) is 6.44. The molecule has 5 aromatic rings. The zero-order chi connectivity index (χ0) is 27.4. The van der Waals surface area contributed by atoms with Crippen LogP contribution in [0.15, 0.2) is 55.2 Å². The molecule has 13 heteroatoms. The number of amides is 1. The van der Waals surface area contributed by atoms with Gasteiger partial charge in [-0.25, -0.2) is 15.0 Å². The number of nitrogens with one attached hydrogen (secondary N) is 2. The van der Waals surface area contributed by atoms with Crippen LogP contribution in [0.5, 0.6) is 0 Å². The smallest absolute Gasteiger partial charge is 0.252 e. The maximum atomic E-state index is 12.5. The van der Waals surface area contributed by atoms with E-state index in [2.05, 4.69) is 48.5 Å². The summed E-state index contributed by atoms with van der Waals surface area (Å²) in [5, 5.41) is 29.6. The van der Waals surface area contributed by atoms with E-state index in [1.807, 2.05) is 24.3 Å². The Morgan fingerprint density at radius 2 is 1.98 bits per heavy atom. The molecule has 0 spiro atoms. The summed E-state index contributed by atoms with van der Waals surface area (Å²) >= 11 is 7.72. The molecule has 1 saturated heterocycles. The molecule has 1 saturated carbocycles. The molecule has 1 aliphatic carbocycles. The lowest BCUT2D eigenvalue weighted by Gasteiger charge is -2.16. The Labute approximate surface area is 237 Å². The van der Waals surface area contributed by atoms with E-state index in [-0.39, 0.29) is 6.04 Å². The Morgan fingerprint density at radius 1 is 1.12 bits per heavy atom. The summed E-state index contributed by atoms with van der Waals surface area (Å²) in [7, 11) is 0. The van der Waals surface area contributed by atoms with Crippen molar-refractivity contribution in [3.05, 3.63) is 65.1 Å². The minimum absolute atomic E-state index is 0.112. The second-order valence-corrected chi connectivity index (χ2v) is 11.7. The molecule has 1 amide bonds. The van der Waals surface area contributed by atoms with E-state index < -0.39 is 30.4 Å². The predicted octanol–water partition coefficient (Wildman–Crippen LogP) is 3.04. The monoisotopic (exact) mass is 579 g/mol. The number of para-hydroxylation sites is 1. The molecule has 1 aliphatic heterocycles. The predicted molar refractivity (Wildman–Crippen MR) is 151 cm³/mol. The first-order valence-electron chi connectivity index (χ1n) is 13.1. The highest BCUT2D eigenvalue weighted by molar-refractivity contribution is 7.18. The van der Waals surface area contributed by atoms with E-state index in [0.717, 1.165) is 39.5 Å². The number of aliphatic hydroxyl groups excluding tert-OH is 2. The van der Waals surface area contributed by atoms with Crippen LogP contribution in [0.3, 0.4) is 0 Å². The number of carbonyl (C=O) groups is 1. The first kappa shape index (κ1) is 25.4. The second-order valence-electron chi connectivity index (χ2n) is 10.1. The molecule has 4 N–H and O–H groups in total. The summed E-state index contributed by atoms with van der Waals surface area (Å²) in [5.41, 5.74) is 3.20. The van der Waals surface area contributed by atoms with Crippen molar-refractivity contribution in [2.24, 2.45) is 0 Å². The number of aromatic nitrogens is 5. The Bertz CT molecular complexity index is 1710. The second kappa shape index (κ2) is 10.1. The number of imidazole rings is 1. The quantitative estimate of drug-likeness (QED) is 0.220. The topological polar surface area (TPSA) is 139 Å². The largest absolute Gasteiger partial charge is 0.387 e. The lowest BCUT2D eigenvalue weighted by molar-refractivity contribution is -0.137. The zero-order valence-electron chi connectivity index (χ0n) is 21.1. The van der Waals surface area contributed by atoms with Gasteiger partial charge in [-0.2, -0.15) is 0 Å². The van der Waals surface area contributed by atoms with Crippen molar-refractivity contribution < 1.29 is 19.7 Å². The van der Waals surface area contributed by atoms with E-state index in [0.29, 0.717) is 23.5 Å². The number of rotatable bonds is 8. The van der Waals surface area contributed by atoms with Crippen LogP contribution in [-0.4, -0.2) is 71.1 Å². The number of hydrogen-bond acceptors (Lipinski definition) is 9. The van der Waals surface area contributed by atoms with Crippen LogP contribution in [0, 0.1) is 0 Å². The van der Waals surface area contributed by atoms with Crippen LogP contribution in [-0.2, 0) is 16.0 Å². The number of benzene rings is 1. The van der Waals surface area contributed by atoms with Gasteiger partial charge < -0.3 is 30.2 Å². The lowest BCUT2D eigenvalue weighted by Crippen LogP contribution is -2.43. The molecule has 11 nitrogen and oxygen atoms in total. The number of nitrogens with zero attached hydrogens (tertiary/aromatic N) is 5. The van der Waals surface area contributed by atoms with Crippen LogP contribution in [0.2, 0.25) is 4.34 Å². The highest BCUT2D eigenvalue weighted by Gasteiger charge is 2.48. The minimum atomic E-state index is -1.37. The summed E-state index contributed by atoms with van der Waals surface area (Å²) in [5.74, 6) is 0.107. The first-order valence-corrected chi connectivity index (χ1v) is 14.3. The van der Waals surface area contributed by atoms with Gasteiger partial charge in [0.2, 0.25) is 0 Å². The van der Waals surface area contributed by atoms with E-state index in [1.165, 1.54) is 34.1 Å². The Balaban J connectivity index is 1.09. The molecule has 4 atom stereocenters. The molecule has 2 fully saturated rings. The van der Waals surface area contributed by atoms with Crippen molar-refractivity contribution in [3.8, 4) is 5.00 Å². The fourth-order valence-corrected chi connectivity index (χ4v) is 6.19. The molecular formula is C27H26ClN7O4S. The number of anilines is 1. The summed E-state index contributed by atoms with van der Waals surface area (Å²) in [4.78, 5) is 25.7. The van der Waals surface area contributed by atoms with E-state index in [4.69, 9.17) is 16.3 Å². The summed E-state index contributed by atoms with van der Waals surface area (Å²) in [6.07, 6.45) is 2.68. The number of ether oxygens (including phenoxy) is 1. The van der Waals surface area contributed by atoms with Gasteiger partial charge in [-0.05, 0) is 43.0 Å². The van der Waals surface area contributed by atoms with Gasteiger partial charge in [-0.3, -0.25) is 9.36 Å². The highest BCUT2D eigenvalue weighted by atomic mass is 35.5. The fourth-order valence-electron chi connectivity index (χ4n) is 5.17.